The number of anilines is 1. The third kappa shape index (κ3) is 3.32. The van der Waals surface area contributed by atoms with Crippen molar-refractivity contribution in [1.82, 2.24) is 5.32 Å². The number of rotatable bonds is 1. The fourth-order valence-electron chi connectivity index (χ4n) is 3.80. The SMILES string of the molecule is O=C(N[C@@H]1CCCN2c3ccc(Cl)cc3Oc3ccccc3[C@@H]12)C(F)(F)F. The normalized spacial score (nSPS) is 21.3. The van der Waals surface area contributed by atoms with Gasteiger partial charge in [-0.15, -0.1) is 0 Å². The van der Waals surface area contributed by atoms with Gasteiger partial charge in [0.25, 0.3) is 0 Å². The highest BCUT2D eigenvalue weighted by Crippen LogP contribution is 2.48. The van der Waals surface area contributed by atoms with Gasteiger partial charge in [0, 0.05) is 23.2 Å². The Morgan fingerprint density at radius 1 is 1.19 bits per heavy atom. The summed E-state index contributed by atoms with van der Waals surface area (Å²) in [6.45, 7) is 0.634. The molecule has 1 saturated heterocycles. The van der Waals surface area contributed by atoms with E-state index in [1.165, 1.54) is 0 Å². The number of amides is 1. The Balaban J connectivity index is 1.80. The molecule has 4 rings (SSSR count). The molecule has 1 N–H and O–H groups in total. The fourth-order valence-corrected chi connectivity index (χ4v) is 3.96. The van der Waals surface area contributed by atoms with Crippen molar-refractivity contribution in [3.05, 3.63) is 53.1 Å². The Bertz CT molecular complexity index is 887. The molecule has 2 atom stereocenters. The molecule has 0 aliphatic carbocycles. The number of para-hydroxylation sites is 1. The van der Waals surface area contributed by atoms with Crippen molar-refractivity contribution in [1.29, 1.82) is 0 Å². The third-order valence-corrected chi connectivity index (χ3v) is 5.13. The molecule has 2 aliphatic heterocycles. The summed E-state index contributed by atoms with van der Waals surface area (Å²) in [6, 6.07) is 11.2. The number of hydrogen-bond donors (Lipinski definition) is 1. The van der Waals surface area contributed by atoms with E-state index < -0.39 is 24.2 Å². The smallest absolute Gasteiger partial charge is 0.455 e. The summed E-state index contributed by atoms with van der Waals surface area (Å²) in [6.07, 6.45) is -3.84. The first-order valence-electron chi connectivity index (χ1n) is 8.55. The van der Waals surface area contributed by atoms with E-state index in [4.69, 9.17) is 16.3 Å². The quantitative estimate of drug-likeness (QED) is 0.750. The standard InChI is InChI=1S/C19H16ClF3N2O2/c20-11-7-8-14-16(10-11)27-15-6-2-1-4-12(15)17-13(5-3-9-25(14)17)24-18(26)19(21,22)23/h1-2,4,6-8,10,13,17H,3,5,9H2,(H,24,26)/t13-,17+/m1/s1. The third-order valence-electron chi connectivity index (χ3n) is 4.89. The summed E-state index contributed by atoms with van der Waals surface area (Å²) in [5.74, 6) is -0.838. The average molecular weight is 397 g/mol. The van der Waals surface area contributed by atoms with Gasteiger partial charge in [0.2, 0.25) is 0 Å². The van der Waals surface area contributed by atoms with Gasteiger partial charge in [-0.1, -0.05) is 29.8 Å². The summed E-state index contributed by atoms with van der Waals surface area (Å²) in [7, 11) is 0. The molecular formula is C19H16ClF3N2O2. The predicted octanol–water partition coefficient (Wildman–Crippen LogP) is 4.83. The molecule has 0 spiro atoms. The molecule has 0 bridgehead atoms. The number of hydrogen-bond acceptors (Lipinski definition) is 3. The van der Waals surface area contributed by atoms with E-state index >= 15 is 0 Å². The molecule has 2 aromatic carbocycles. The van der Waals surface area contributed by atoms with E-state index in [-0.39, 0.29) is 0 Å². The van der Waals surface area contributed by atoms with E-state index in [1.807, 2.05) is 11.0 Å². The zero-order valence-corrected chi connectivity index (χ0v) is 14.8. The Kier molecular flexibility index (Phi) is 4.42. The van der Waals surface area contributed by atoms with Gasteiger partial charge in [-0.3, -0.25) is 4.79 Å². The lowest BCUT2D eigenvalue weighted by molar-refractivity contribution is -0.174. The molecule has 2 aromatic rings. The number of carbonyl (C=O) groups excluding carboxylic acids is 1. The van der Waals surface area contributed by atoms with Gasteiger partial charge in [0.05, 0.1) is 17.8 Å². The van der Waals surface area contributed by atoms with E-state index in [9.17, 15) is 18.0 Å². The van der Waals surface area contributed by atoms with E-state index in [0.29, 0.717) is 35.9 Å². The summed E-state index contributed by atoms with van der Waals surface area (Å²) in [4.78, 5) is 13.6. The van der Waals surface area contributed by atoms with Gasteiger partial charge in [-0.25, -0.2) is 0 Å². The van der Waals surface area contributed by atoms with Crippen molar-refractivity contribution >= 4 is 23.2 Å². The minimum absolute atomic E-state index is 0.445. The molecule has 1 fully saturated rings. The number of benzene rings is 2. The maximum Gasteiger partial charge on any atom is 0.471 e. The fraction of sp³-hybridized carbons (Fsp3) is 0.316. The number of halogens is 4. The number of nitrogens with one attached hydrogen (secondary N) is 1. The van der Waals surface area contributed by atoms with E-state index in [0.717, 1.165) is 11.3 Å². The second-order valence-corrected chi connectivity index (χ2v) is 7.05. The van der Waals surface area contributed by atoms with Crippen LogP contribution in [0.4, 0.5) is 18.9 Å². The van der Waals surface area contributed by atoms with Gasteiger partial charge < -0.3 is 15.0 Å². The number of alkyl halides is 3. The Morgan fingerprint density at radius 2 is 1.96 bits per heavy atom. The average Bonchev–Trinajstić information content (AvgIpc) is 2.75. The highest BCUT2D eigenvalue weighted by atomic mass is 35.5. The molecule has 2 aliphatic rings. The van der Waals surface area contributed by atoms with Crippen molar-refractivity contribution in [2.45, 2.75) is 31.1 Å². The van der Waals surface area contributed by atoms with Crippen LogP contribution in [0.15, 0.2) is 42.5 Å². The first kappa shape index (κ1) is 18.0. The van der Waals surface area contributed by atoms with Crippen LogP contribution in [0.5, 0.6) is 11.5 Å². The summed E-state index contributed by atoms with van der Waals surface area (Å²) in [5.41, 5.74) is 1.48. The Labute approximate surface area is 158 Å². The molecule has 0 aromatic heterocycles. The van der Waals surface area contributed by atoms with Crippen LogP contribution in [0, 0.1) is 0 Å². The summed E-state index contributed by atoms with van der Waals surface area (Å²) >= 11 is 6.10. The molecule has 0 radical (unpaired) electrons. The van der Waals surface area contributed by atoms with Gasteiger partial charge >= 0.3 is 12.1 Å². The van der Waals surface area contributed by atoms with Crippen LogP contribution in [-0.2, 0) is 4.79 Å². The monoisotopic (exact) mass is 396 g/mol. The van der Waals surface area contributed by atoms with Gasteiger partial charge in [-0.2, -0.15) is 13.2 Å². The van der Waals surface area contributed by atoms with Crippen molar-refractivity contribution in [3.8, 4) is 11.5 Å². The minimum Gasteiger partial charge on any atom is -0.455 e. The number of carbonyl (C=O) groups is 1. The maximum absolute atomic E-state index is 12.8. The largest absolute Gasteiger partial charge is 0.471 e. The van der Waals surface area contributed by atoms with Crippen molar-refractivity contribution in [3.63, 3.8) is 0 Å². The van der Waals surface area contributed by atoms with E-state index in [2.05, 4.69) is 5.32 Å². The number of nitrogens with zero attached hydrogens (tertiary/aromatic N) is 1. The van der Waals surface area contributed by atoms with Gasteiger partial charge in [-0.05, 0) is 31.0 Å². The van der Waals surface area contributed by atoms with E-state index in [1.54, 1.807) is 36.4 Å². The number of piperidine rings is 1. The van der Waals surface area contributed by atoms with Crippen LogP contribution < -0.4 is 15.0 Å². The first-order valence-corrected chi connectivity index (χ1v) is 8.93. The zero-order chi connectivity index (χ0) is 19.2. The van der Waals surface area contributed by atoms with Crippen LogP contribution in [-0.4, -0.2) is 24.7 Å². The van der Waals surface area contributed by atoms with Crippen LogP contribution in [0.3, 0.4) is 0 Å². The molecular weight excluding hydrogens is 381 g/mol. The molecule has 0 unspecified atom stereocenters. The molecule has 8 heteroatoms. The van der Waals surface area contributed by atoms with Crippen molar-refractivity contribution < 1.29 is 22.7 Å². The molecule has 27 heavy (non-hydrogen) atoms. The molecule has 4 nitrogen and oxygen atoms in total. The van der Waals surface area contributed by atoms with Crippen LogP contribution in [0.1, 0.15) is 24.4 Å². The molecule has 1 amide bonds. The van der Waals surface area contributed by atoms with Crippen LogP contribution >= 0.6 is 11.6 Å². The number of fused-ring (bicyclic) bond motifs is 5. The topological polar surface area (TPSA) is 41.6 Å². The minimum atomic E-state index is -4.92. The summed E-state index contributed by atoms with van der Waals surface area (Å²) in [5, 5.41) is 2.69. The first-order chi connectivity index (χ1) is 12.8. The Morgan fingerprint density at radius 3 is 2.74 bits per heavy atom. The lowest BCUT2D eigenvalue weighted by Gasteiger charge is -2.42. The maximum atomic E-state index is 12.8. The van der Waals surface area contributed by atoms with Crippen LogP contribution in [0.2, 0.25) is 5.02 Å². The zero-order valence-electron chi connectivity index (χ0n) is 14.1. The predicted molar refractivity (Wildman–Crippen MR) is 95.3 cm³/mol. The van der Waals surface area contributed by atoms with Gasteiger partial charge in [0.1, 0.15) is 5.75 Å². The second-order valence-electron chi connectivity index (χ2n) is 6.61. The van der Waals surface area contributed by atoms with Crippen molar-refractivity contribution in [2.75, 3.05) is 11.4 Å². The highest BCUT2D eigenvalue weighted by Gasteiger charge is 2.44. The number of ether oxygens (including phenoxy) is 1. The van der Waals surface area contributed by atoms with Gasteiger partial charge in [0.15, 0.2) is 5.75 Å². The molecule has 0 saturated carbocycles. The lowest BCUT2D eigenvalue weighted by atomic mass is 9.89. The molecule has 2 heterocycles. The van der Waals surface area contributed by atoms with Crippen molar-refractivity contribution in [2.24, 2.45) is 0 Å². The lowest BCUT2D eigenvalue weighted by Crippen LogP contribution is -2.52. The highest BCUT2D eigenvalue weighted by molar-refractivity contribution is 6.30. The second kappa shape index (κ2) is 6.64. The molecule has 142 valence electrons. The van der Waals surface area contributed by atoms with Crippen LogP contribution in [0.25, 0.3) is 0 Å². The Hall–Kier alpha value is -2.41. The summed E-state index contributed by atoms with van der Waals surface area (Å²) < 4.78 is 44.5.